The molecule has 9 N–H and O–H groups in total. The SMILES string of the molecule is Cc1cccc(C(=O)NCCCC[C@@H](NC(=O)[C@@H](CCC(=O)O)NC(=O)[C@@H](CCC(=O)O)NC(=O)[C@@H](CCC(=O)O)NC(=O)CCOCCOCCC(=O)ON2C(=O)CCC2=O)C(=O)O)c1. The lowest BCUT2D eigenvalue weighted by Crippen LogP contribution is -2.58. The van der Waals surface area contributed by atoms with Crippen LogP contribution in [0, 0.1) is 6.92 Å². The van der Waals surface area contributed by atoms with Gasteiger partial charge in [0.15, 0.2) is 0 Å². The normalized spacial score (nSPS) is 13.9. The van der Waals surface area contributed by atoms with E-state index in [2.05, 4.69) is 26.6 Å². The number of imide groups is 1. The van der Waals surface area contributed by atoms with Gasteiger partial charge >= 0.3 is 29.8 Å². The molecule has 7 amide bonds. The Balaban J connectivity index is 1.98. The first-order valence-corrected chi connectivity index (χ1v) is 20.9. The van der Waals surface area contributed by atoms with Gasteiger partial charge in [-0.05, 0) is 57.6 Å². The van der Waals surface area contributed by atoms with Gasteiger partial charge in [-0.1, -0.05) is 17.7 Å². The second kappa shape index (κ2) is 29.4. The summed E-state index contributed by atoms with van der Waals surface area (Å²) in [5, 5.41) is 49.9. The minimum atomic E-state index is -1.74. The summed E-state index contributed by atoms with van der Waals surface area (Å²) in [5.74, 6) is -12.3. The molecule has 25 heteroatoms. The van der Waals surface area contributed by atoms with Crippen LogP contribution in [0.4, 0.5) is 0 Å². The molecule has 1 aliphatic rings. The molecule has 1 heterocycles. The van der Waals surface area contributed by atoms with Crippen molar-refractivity contribution in [2.24, 2.45) is 0 Å². The number of aryl methyl sites for hydroxylation is 1. The first-order valence-electron chi connectivity index (χ1n) is 20.9. The highest BCUT2D eigenvalue weighted by Gasteiger charge is 2.34. The summed E-state index contributed by atoms with van der Waals surface area (Å²) in [7, 11) is 0. The smallest absolute Gasteiger partial charge is 0.335 e. The molecule has 25 nitrogen and oxygen atoms in total. The number of aliphatic carboxylic acids is 4. The minimum absolute atomic E-state index is 0.0451. The predicted octanol–water partition coefficient (Wildman–Crippen LogP) is -1.07. The zero-order valence-electron chi connectivity index (χ0n) is 36.2. The summed E-state index contributed by atoms with van der Waals surface area (Å²) < 4.78 is 10.5. The summed E-state index contributed by atoms with van der Waals surface area (Å²) in [5.41, 5.74) is 1.31. The van der Waals surface area contributed by atoms with Crippen LogP contribution in [0.1, 0.15) is 99.4 Å². The van der Waals surface area contributed by atoms with Gasteiger partial charge in [0, 0.05) is 50.6 Å². The van der Waals surface area contributed by atoms with Crippen LogP contribution in [0.25, 0.3) is 0 Å². The summed E-state index contributed by atoms with van der Waals surface area (Å²) in [4.78, 5) is 151. The lowest BCUT2D eigenvalue weighted by molar-refractivity contribution is -0.198. The van der Waals surface area contributed by atoms with E-state index in [1.165, 1.54) is 0 Å². The van der Waals surface area contributed by atoms with E-state index >= 15 is 0 Å². The zero-order valence-corrected chi connectivity index (χ0v) is 36.2. The Morgan fingerprint density at radius 1 is 0.606 bits per heavy atom. The lowest BCUT2D eigenvalue weighted by atomic mass is 10.0. The molecule has 1 aromatic rings. The van der Waals surface area contributed by atoms with E-state index < -0.39 is 128 Å². The van der Waals surface area contributed by atoms with E-state index in [0.717, 1.165) is 5.56 Å². The quantitative estimate of drug-likeness (QED) is 0.0299. The number of amides is 7. The fraction of sp³-hybridized carbons (Fsp3) is 0.561. The van der Waals surface area contributed by atoms with E-state index in [1.54, 1.807) is 18.2 Å². The molecule has 0 saturated carbocycles. The van der Waals surface area contributed by atoms with E-state index in [1.807, 2.05) is 13.0 Å². The van der Waals surface area contributed by atoms with Crippen molar-refractivity contribution in [3.05, 3.63) is 35.4 Å². The number of rotatable bonds is 33. The summed E-state index contributed by atoms with van der Waals surface area (Å²) in [6.07, 6.45) is -4.04. The number of carbonyl (C=O) groups excluding carboxylic acids is 8. The molecule has 0 unspecified atom stereocenters. The van der Waals surface area contributed by atoms with Crippen LogP contribution in [0.5, 0.6) is 0 Å². The van der Waals surface area contributed by atoms with Gasteiger partial charge in [-0.3, -0.25) is 47.9 Å². The first kappa shape index (κ1) is 55.1. The van der Waals surface area contributed by atoms with Gasteiger partial charge in [0.25, 0.3) is 17.7 Å². The maximum atomic E-state index is 13.5. The van der Waals surface area contributed by atoms with Crippen molar-refractivity contribution in [3.63, 3.8) is 0 Å². The molecule has 0 aromatic heterocycles. The number of carboxylic acid groups (broad SMARTS) is 4. The number of hydrogen-bond donors (Lipinski definition) is 9. The minimum Gasteiger partial charge on any atom is -0.481 e. The van der Waals surface area contributed by atoms with Crippen LogP contribution in [0.2, 0.25) is 0 Å². The van der Waals surface area contributed by atoms with Crippen molar-refractivity contribution >= 4 is 71.2 Å². The molecule has 1 fully saturated rings. The van der Waals surface area contributed by atoms with E-state index in [4.69, 9.17) is 14.3 Å². The Labute approximate surface area is 377 Å². The van der Waals surface area contributed by atoms with E-state index in [0.29, 0.717) is 17.0 Å². The molecule has 364 valence electrons. The molecule has 66 heavy (non-hydrogen) atoms. The third-order valence-electron chi connectivity index (χ3n) is 9.45. The topological polar surface area (TPSA) is 377 Å². The summed E-state index contributed by atoms with van der Waals surface area (Å²) >= 11 is 0. The highest BCUT2D eigenvalue weighted by molar-refractivity contribution is 6.01. The van der Waals surface area contributed by atoms with Gasteiger partial charge in [-0.15, -0.1) is 5.06 Å². The third kappa shape index (κ3) is 22.1. The number of hydrogen-bond acceptors (Lipinski definition) is 15. The van der Waals surface area contributed by atoms with Crippen molar-refractivity contribution in [1.82, 2.24) is 31.6 Å². The highest BCUT2D eigenvalue weighted by atomic mass is 16.7. The molecule has 4 atom stereocenters. The molecule has 0 spiro atoms. The molecule has 2 rings (SSSR count). The molecular formula is C41H56N6O19. The lowest BCUT2D eigenvalue weighted by Gasteiger charge is -2.26. The maximum absolute atomic E-state index is 13.5. The van der Waals surface area contributed by atoms with Crippen molar-refractivity contribution in [2.75, 3.05) is 33.0 Å². The highest BCUT2D eigenvalue weighted by Crippen LogP contribution is 2.13. The summed E-state index contributed by atoms with van der Waals surface area (Å²) in [6.45, 7) is 1.53. The van der Waals surface area contributed by atoms with Gasteiger partial charge in [-0.25, -0.2) is 9.59 Å². The van der Waals surface area contributed by atoms with Gasteiger partial charge in [0.05, 0.1) is 32.8 Å². The zero-order chi connectivity index (χ0) is 49.2. The molecule has 1 aromatic carbocycles. The second-order valence-electron chi connectivity index (χ2n) is 14.8. The van der Waals surface area contributed by atoms with Crippen molar-refractivity contribution < 1.29 is 92.3 Å². The Morgan fingerprint density at radius 2 is 1.09 bits per heavy atom. The standard InChI is InChI=1S/C41H56N6O19/c1-24-5-4-6-25(23-24)37(58)42-18-3-2-7-29(41(62)63)46-40(61)28(10-15-35(55)56)45-39(60)27(9-14-34(53)54)44-38(59)26(8-13-33(51)52)43-30(48)16-19-64-21-22-65-20-17-36(57)66-47-31(49)11-12-32(47)50/h4-6,23,26-29H,2-3,7-22H2,1H3,(H,42,58)(H,43,48)(H,44,59)(H,45,60)(H,46,61)(H,51,52)(H,53,54)(H,55,56)(H,62,63)/t26-,27-,28-,29-/m1/s1. The fourth-order valence-corrected chi connectivity index (χ4v) is 5.96. The molecular weight excluding hydrogens is 880 g/mol. The summed E-state index contributed by atoms with van der Waals surface area (Å²) in [6, 6.07) is 0.334. The number of carboxylic acids is 4. The molecule has 0 bridgehead atoms. The molecule has 0 aliphatic carbocycles. The van der Waals surface area contributed by atoms with Gasteiger partial charge in [-0.2, -0.15) is 0 Å². The number of nitrogens with one attached hydrogen (secondary N) is 5. The Hall–Kier alpha value is -7.02. The van der Waals surface area contributed by atoms with Crippen LogP contribution in [0.3, 0.4) is 0 Å². The van der Waals surface area contributed by atoms with Crippen molar-refractivity contribution in [3.8, 4) is 0 Å². The van der Waals surface area contributed by atoms with Crippen LogP contribution in [-0.2, 0) is 67.1 Å². The number of nitrogens with zero attached hydrogens (tertiary/aromatic N) is 1. The van der Waals surface area contributed by atoms with E-state index in [-0.39, 0.29) is 77.4 Å². The third-order valence-corrected chi connectivity index (χ3v) is 9.45. The Kier molecular flexibility index (Phi) is 24.6. The average Bonchev–Trinajstić information content (AvgIpc) is 3.56. The van der Waals surface area contributed by atoms with Crippen LogP contribution in [-0.4, -0.2) is 154 Å². The first-order chi connectivity index (χ1) is 31.3. The number of ether oxygens (including phenoxy) is 2. The van der Waals surface area contributed by atoms with Gasteiger partial charge in [0.2, 0.25) is 23.6 Å². The average molecular weight is 937 g/mol. The number of benzene rings is 1. The number of unbranched alkanes of at least 4 members (excludes halogenated alkanes) is 1. The van der Waals surface area contributed by atoms with Gasteiger partial charge < -0.3 is 61.3 Å². The Morgan fingerprint density at radius 3 is 1.58 bits per heavy atom. The fourth-order valence-electron chi connectivity index (χ4n) is 5.96. The monoisotopic (exact) mass is 936 g/mol. The predicted molar refractivity (Wildman–Crippen MR) is 221 cm³/mol. The number of hydroxylamine groups is 2. The Bertz CT molecular complexity index is 1910. The van der Waals surface area contributed by atoms with Crippen LogP contribution < -0.4 is 26.6 Å². The van der Waals surface area contributed by atoms with Crippen molar-refractivity contribution in [1.29, 1.82) is 0 Å². The molecule has 1 aliphatic heterocycles. The molecule has 0 radical (unpaired) electrons. The van der Waals surface area contributed by atoms with Crippen LogP contribution in [0.15, 0.2) is 24.3 Å². The number of carbonyl (C=O) groups is 12. The van der Waals surface area contributed by atoms with Crippen LogP contribution >= 0.6 is 0 Å². The van der Waals surface area contributed by atoms with E-state index in [9.17, 15) is 78.0 Å². The van der Waals surface area contributed by atoms with Crippen molar-refractivity contribution in [2.45, 2.75) is 115 Å². The largest absolute Gasteiger partial charge is 0.481 e. The van der Waals surface area contributed by atoms with Gasteiger partial charge in [0.1, 0.15) is 24.2 Å². The molecule has 1 saturated heterocycles. The maximum Gasteiger partial charge on any atom is 0.335 e. The second-order valence-corrected chi connectivity index (χ2v) is 14.8.